The number of para-hydroxylation sites is 1. The van der Waals surface area contributed by atoms with Crippen LogP contribution in [0.15, 0.2) is 66.7 Å². The lowest BCUT2D eigenvalue weighted by atomic mass is 10.1. The molecular weight excluding hydrogens is 422 g/mol. The average Bonchev–Trinajstić information content (AvgIpc) is 3.08. The molecule has 5 nitrogen and oxygen atoms in total. The highest BCUT2D eigenvalue weighted by Crippen LogP contribution is 2.24. The molecule has 0 radical (unpaired) electrons. The maximum absolute atomic E-state index is 12.9. The number of aryl methyl sites for hydroxylation is 4. The summed E-state index contributed by atoms with van der Waals surface area (Å²) in [6.45, 7) is 11.2. The van der Waals surface area contributed by atoms with Crippen LogP contribution in [0, 0.1) is 34.6 Å². The molecule has 0 fully saturated rings. The number of benzene rings is 3. The third kappa shape index (κ3) is 5.20. The Morgan fingerprint density at radius 2 is 1.47 bits per heavy atom. The normalized spacial score (nSPS) is 10.9. The molecule has 174 valence electrons. The van der Waals surface area contributed by atoms with Gasteiger partial charge in [0.1, 0.15) is 12.4 Å². The van der Waals surface area contributed by atoms with E-state index in [1.165, 1.54) is 11.1 Å². The van der Waals surface area contributed by atoms with Crippen molar-refractivity contribution in [3.63, 3.8) is 0 Å². The number of carbonyl (C=O) groups excluding carboxylic acids is 1. The molecule has 0 saturated carbocycles. The maximum atomic E-state index is 12.9. The number of hydrogen-bond acceptors (Lipinski definition) is 3. The molecule has 0 saturated heterocycles. The lowest BCUT2D eigenvalue weighted by Gasteiger charge is -2.12. The number of hydrogen-bond donors (Lipinski definition) is 1. The summed E-state index contributed by atoms with van der Waals surface area (Å²) in [7, 11) is 0. The molecule has 1 N–H and O–H groups in total. The molecule has 3 aromatic carbocycles. The fraction of sp³-hybridized carbons (Fsp3) is 0.241. The largest absolute Gasteiger partial charge is 0.488 e. The van der Waals surface area contributed by atoms with Gasteiger partial charge in [-0.05, 0) is 69.0 Å². The molecule has 0 aliphatic rings. The topological polar surface area (TPSA) is 56.2 Å². The van der Waals surface area contributed by atoms with Crippen LogP contribution in [-0.4, -0.2) is 15.7 Å². The molecule has 0 aliphatic heterocycles. The van der Waals surface area contributed by atoms with Crippen molar-refractivity contribution < 1.29 is 9.53 Å². The van der Waals surface area contributed by atoms with Gasteiger partial charge in [0.05, 0.1) is 23.6 Å². The van der Waals surface area contributed by atoms with E-state index >= 15 is 0 Å². The van der Waals surface area contributed by atoms with E-state index in [1.807, 2.05) is 74.8 Å². The Bertz CT molecular complexity index is 1280. The summed E-state index contributed by atoms with van der Waals surface area (Å²) in [4.78, 5) is 12.9. The molecule has 34 heavy (non-hydrogen) atoms. The Labute approximate surface area is 201 Å². The van der Waals surface area contributed by atoms with Crippen molar-refractivity contribution in [2.75, 3.05) is 5.32 Å². The van der Waals surface area contributed by atoms with Crippen LogP contribution in [-0.2, 0) is 13.2 Å². The monoisotopic (exact) mass is 453 g/mol. The number of amides is 1. The molecule has 0 atom stereocenters. The number of ether oxygens (including phenoxy) is 1. The predicted molar refractivity (Wildman–Crippen MR) is 137 cm³/mol. The molecule has 0 spiro atoms. The van der Waals surface area contributed by atoms with Crippen molar-refractivity contribution in [3.05, 3.63) is 111 Å². The van der Waals surface area contributed by atoms with Crippen LogP contribution in [0.2, 0.25) is 0 Å². The van der Waals surface area contributed by atoms with E-state index in [2.05, 4.69) is 41.6 Å². The summed E-state index contributed by atoms with van der Waals surface area (Å²) in [5, 5.41) is 7.69. The highest BCUT2D eigenvalue weighted by atomic mass is 16.5. The van der Waals surface area contributed by atoms with Crippen molar-refractivity contribution >= 4 is 11.6 Å². The van der Waals surface area contributed by atoms with Gasteiger partial charge in [0.25, 0.3) is 5.91 Å². The third-order valence-electron chi connectivity index (χ3n) is 6.08. The van der Waals surface area contributed by atoms with Crippen molar-refractivity contribution in [3.8, 4) is 5.75 Å². The molecule has 1 heterocycles. The van der Waals surface area contributed by atoms with Crippen LogP contribution < -0.4 is 10.1 Å². The smallest absolute Gasteiger partial charge is 0.255 e. The van der Waals surface area contributed by atoms with E-state index in [0.717, 1.165) is 39.5 Å². The average molecular weight is 454 g/mol. The molecule has 0 unspecified atom stereocenters. The van der Waals surface area contributed by atoms with Gasteiger partial charge in [-0.25, -0.2) is 0 Å². The number of nitrogens with zero attached hydrogens (tertiary/aromatic N) is 2. The lowest BCUT2D eigenvalue weighted by Crippen LogP contribution is -2.13. The molecule has 4 rings (SSSR count). The van der Waals surface area contributed by atoms with Gasteiger partial charge in [0, 0.05) is 5.56 Å². The fourth-order valence-corrected chi connectivity index (χ4v) is 4.02. The number of rotatable bonds is 7. The van der Waals surface area contributed by atoms with E-state index in [0.29, 0.717) is 18.7 Å². The van der Waals surface area contributed by atoms with Gasteiger partial charge in [-0.15, -0.1) is 0 Å². The second-order valence-electron chi connectivity index (χ2n) is 8.85. The highest BCUT2D eigenvalue weighted by Gasteiger charge is 2.16. The number of nitrogens with one attached hydrogen (secondary N) is 1. The van der Waals surface area contributed by atoms with Gasteiger partial charge in [0.15, 0.2) is 0 Å². The Balaban J connectivity index is 1.41. The van der Waals surface area contributed by atoms with E-state index in [1.54, 1.807) is 0 Å². The molecule has 1 aromatic heterocycles. The summed E-state index contributed by atoms with van der Waals surface area (Å²) < 4.78 is 7.96. The second kappa shape index (κ2) is 9.96. The van der Waals surface area contributed by atoms with E-state index < -0.39 is 0 Å². The van der Waals surface area contributed by atoms with Crippen molar-refractivity contribution in [2.24, 2.45) is 0 Å². The Morgan fingerprint density at radius 3 is 2.12 bits per heavy atom. The van der Waals surface area contributed by atoms with Crippen molar-refractivity contribution in [1.29, 1.82) is 0 Å². The molecular formula is C29H31N3O2. The Morgan fingerprint density at radius 1 is 0.853 bits per heavy atom. The molecule has 1 amide bonds. The van der Waals surface area contributed by atoms with Gasteiger partial charge in [0.2, 0.25) is 0 Å². The first-order chi connectivity index (χ1) is 16.3. The SMILES string of the molecule is Cc1ccc(Cn2nc(C)c(NC(=O)c3ccc(COc4c(C)cccc4C)cc3)c2C)cc1. The zero-order valence-corrected chi connectivity index (χ0v) is 20.5. The minimum absolute atomic E-state index is 0.150. The summed E-state index contributed by atoms with van der Waals surface area (Å²) in [6.07, 6.45) is 0. The molecule has 0 aliphatic carbocycles. The van der Waals surface area contributed by atoms with Crippen LogP contribution in [0.1, 0.15) is 49.6 Å². The zero-order chi connectivity index (χ0) is 24.2. The standard InChI is InChI=1S/C29H31N3O2/c1-19-9-11-24(12-10-19)17-32-23(5)27(22(4)31-32)30-29(33)26-15-13-25(14-16-26)18-34-28-20(2)7-6-8-21(28)3/h6-16H,17-18H2,1-5H3,(H,30,33). The molecule has 5 heteroatoms. The Kier molecular flexibility index (Phi) is 6.82. The third-order valence-corrected chi connectivity index (χ3v) is 6.08. The molecule has 0 bridgehead atoms. The van der Waals surface area contributed by atoms with Crippen LogP contribution in [0.25, 0.3) is 0 Å². The summed E-state index contributed by atoms with van der Waals surface area (Å²) in [5.74, 6) is 0.765. The predicted octanol–water partition coefficient (Wildman–Crippen LogP) is 6.30. The fourth-order valence-electron chi connectivity index (χ4n) is 4.02. The Hall–Kier alpha value is -3.86. The van der Waals surface area contributed by atoms with Gasteiger partial charge in [-0.2, -0.15) is 5.10 Å². The van der Waals surface area contributed by atoms with Crippen molar-refractivity contribution in [2.45, 2.75) is 47.8 Å². The lowest BCUT2D eigenvalue weighted by molar-refractivity contribution is 0.102. The van der Waals surface area contributed by atoms with Crippen LogP contribution in [0.5, 0.6) is 5.75 Å². The first-order valence-electron chi connectivity index (χ1n) is 11.5. The van der Waals surface area contributed by atoms with Crippen LogP contribution in [0.4, 0.5) is 5.69 Å². The maximum Gasteiger partial charge on any atom is 0.255 e. The van der Waals surface area contributed by atoms with E-state index in [9.17, 15) is 4.79 Å². The first kappa shape index (κ1) is 23.3. The van der Waals surface area contributed by atoms with Gasteiger partial charge < -0.3 is 10.1 Å². The van der Waals surface area contributed by atoms with Gasteiger partial charge in [-0.3, -0.25) is 9.48 Å². The number of carbonyl (C=O) groups is 1. The van der Waals surface area contributed by atoms with Gasteiger partial charge >= 0.3 is 0 Å². The molecule has 4 aromatic rings. The van der Waals surface area contributed by atoms with Crippen molar-refractivity contribution in [1.82, 2.24) is 9.78 Å². The summed E-state index contributed by atoms with van der Waals surface area (Å²) in [6, 6.07) is 22.1. The second-order valence-corrected chi connectivity index (χ2v) is 8.85. The first-order valence-corrected chi connectivity index (χ1v) is 11.5. The quantitative estimate of drug-likeness (QED) is 0.357. The van der Waals surface area contributed by atoms with E-state index in [4.69, 9.17) is 4.74 Å². The van der Waals surface area contributed by atoms with Crippen LogP contribution in [0.3, 0.4) is 0 Å². The van der Waals surface area contributed by atoms with Crippen LogP contribution >= 0.6 is 0 Å². The number of aromatic nitrogens is 2. The number of anilines is 1. The highest BCUT2D eigenvalue weighted by molar-refractivity contribution is 6.04. The minimum Gasteiger partial charge on any atom is -0.488 e. The minimum atomic E-state index is -0.150. The van der Waals surface area contributed by atoms with E-state index in [-0.39, 0.29) is 5.91 Å². The zero-order valence-electron chi connectivity index (χ0n) is 20.5. The summed E-state index contributed by atoms with van der Waals surface area (Å²) >= 11 is 0. The summed E-state index contributed by atoms with van der Waals surface area (Å²) in [5.41, 5.74) is 8.75. The van der Waals surface area contributed by atoms with Gasteiger partial charge in [-0.1, -0.05) is 60.2 Å².